The zero-order valence-electron chi connectivity index (χ0n) is 19.5. The summed E-state index contributed by atoms with van der Waals surface area (Å²) >= 11 is 0. The van der Waals surface area contributed by atoms with Crippen LogP contribution in [-0.2, 0) is 17.8 Å². The van der Waals surface area contributed by atoms with Crippen molar-refractivity contribution in [3.05, 3.63) is 99.4 Å². The van der Waals surface area contributed by atoms with E-state index in [9.17, 15) is 19.3 Å². The van der Waals surface area contributed by atoms with Crippen LogP contribution in [0.4, 0.5) is 21.5 Å². The quantitative estimate of drug-likeness (QED) is 0.442. The molecule has 0 spiro atoms. The molecule has 1 saturated heterocycles. The molecule has 0 bridgehead atoms. The second-order valence-electron chi connectivity index (χ2n) is 9.27. The van der Waals surface area contributed by atoms with Crippen LogP contribution in [0.3, 0.4) is 0 Å². The minimum absolute atomic E-state index is 0.0333. The molecule has 2 atom stereocenters. The number of non-ortho nitro benzene ring substituents is 1. The molecule has 3 aromatic carbocycles. The van der Waals surface area contributed by atoms with E-state index in [2.05, 4.69) is 46.3 Å². The minimum Gasteiger partial charge on any atom is -0.368 e. The summed E-state index contributed by atoms with van der Waals surface area (Å²) in [6.45, 7) is 4.53. The van der Waals surface area contributed by atoms with Gasteiger partial charge in [0.05, 0.1) is 16.9 Å². The van der Waals surface area contributed by atoms with E-state index in [1.165, 1.54) is 23.8 Å². The summed E-state index contributed by atoms with van der Waals surface area (Å²) in [5, 5.41) is 14.4. The van der Waals surface area contributed by atoms with Gasteiger partial charge in [0.2, 0.25) is 5.91 Å². The molecule has 180 valence electrons. The number of halogens is 1. The molecule has 3 aromatic rings. The van der Waals surface area contributed by atoms with E-state index < -0.39 is 4.92 Å². The molecule has 7 nitrogen and oxygen atoms in total. The Morgan fingerprint density at radius 3 is 2.54 bits per heavy atom. The third kappa shape index (κ3) is 4.69. The number of nitro groups is 1. The second-order valence-corrected chi connectivity index (χ2v) is 9.27. The predicted octanol–water partition coefficient (Wildman–Crippen LogP) is 4.23. The summed E-state index contributed by atoms with van der Waals surface area (Å²) in [5.41, 5.74) is 4.95. The van der Waals surface area contributed by atoms with Gasteiger partial charge in [-0.05, 0) is 54.8 Å². The number of hydrogen-bond acceptors (Lipinski definition) is 5. The number of anilines is 2. The number of carbonyl (C=O) groups excluding carboxylic acids is 1. The average Bonchev–Trinajstić information content (AvgIpc) is 2.87. The van der Waals surface area contributed by atoms with Crippen LogP contribution >= 0.6 is 0 Å². The van der Waals surface area contributed by atoms with E-state index in [1.54, 1.807) is 18.2 Å². The fourth-order valence-electron chi connectivity index (χ4n) is 5.14. The Bertz CT molecular complexity index is 1250. The average molecular weight is 475 g/mol. The first-order valence-electron chi connectivity index (χ1n) is 11.8. The Morgan fingerprint density at radius 1 is 1.09 bits per heavy atom. The van der Waals surface area contributed by atoms with Gasteiger partial charge in [-0.2, -0.15) is 0 Å². The van der Waals surface area contributed by atoms with Crippen molar-refractivity contribution in [2.75, 3.05) is 29.4 Å². The van der Waals surface area contributed by atoms with E-state index in [4.69, 9.17) is 0 Å². The molecule has 2 aliphatic rings. The maximum atomic E-state index is 13.4. The van der Waals surface area contributed by atoms with E-state index in [-0.39, 0.29) is 29.4 Å². The monoisotopic (exact) mass is 474 g/mol. The summed E-state index contributed by atoms with van der Waals surface area (Å²) in [7, 11) is 0. The molecule has 0 saturated carbocycles. The summed E-state index contributed by atoms with van der Waals surface area (Å²) < 4.78 is 13.2. The Balaban J connectivity index is 1.42. The number of carbonyl (C=O) groups is 1. The van der Waals surface area contributed by atoms with Gasteiger partial charge in [0.15, 0.2) is 0 Å². The Morgan fingerprint density at radius 2 is 1.83 bits per heavy atom. The number of amides is 1. The first-order chi connectivity index (χ1) is 16.9. The van der Waals surface area contributed by atoms with E-state index in [0.717, 1.165) is 29.0 Å². The van der Waals surface area contributed by atoms with Gasteiger partial charge in [-0.15, -0.1) is 0 Å². The van der Waals surface area contributed by atoms with Crippen molar-refractivity contribution in [1.82, 2.24) is 5.32 Å². The first kappa shape index (κ1) is 22.8. The van der Waals surface area contributed by atoms with Crippen molar-refractivity contribution in [3.63, 3.8) is 0 Å². The summed E-state index contributed by atoms with van der Waals surface area (Å²) in [4.78, 5) is 29.0. The molecule has 2 aliphatic heterocycles. The first-order valence-corrected chi connectivity index (χ1v) is 11.8. The van der Waals surface area contributed by atoms with Crippen LogP contribution < -0.4 is 15.1 Å². The lowest BCUT2D eigenvalue weighted by molar-refractivity contribution is -0.384. The van der Waals surface area contributed by atoms with Gasteiger partial charge in [0.1, 0.15) is 5.82 Å². The number of hydrogen-bond donors (Lipinski definition) is 1. The fraction of sp³-hybridized carbons (Fsp3) is 0.296. The predicted molar refractivity (Wildman–Crippen MR) is 133 cm³/mol. The van der Waals surface area contributed by atoms with Crippen LogP contribution in [0.2, 0.25) is 0 Å². The van der Waals surface area contributed by atoms with Gasteiger partial charge in [0.25, 0.3) is 5.69 Å². The van der Waals surface area contributed by atoms with Crippen molar-refractivity contribution in [2.24, 2.45) is 5.92 Å². The fourth-order valence-corrected chi connectivity index (χ4v) is 5.14. The Kier molecular flexibility index (Phi) is 6.11. The number of nitrogens with one attached hydrogen (secondary N) is 1. The van der Waals surface area contributed by atoms with E-state index >= 15 is 0 Å². The maximum Gasteiger partial charge on any atom is 0.269 e. The van der Waals surface area contributed by atoms with Crippen LogP contribution in [0.1, 0.15) is 16.7 Å². The molecule has 35 heavy (non-hydrogen) atoms. The van der Waals surface area contributed by atoms with Crippen molar-refractivity contribution in [3.8, 4) is 0 Å². The van der Waals surface area contributed by atoms with Gasteiger partial charge in [-0.3, -0.25) is 14.9 Å². The van der Waals surface area contributed by atoms with Crippen molar-refractivity contribution in [1.29, 1.82) is 0 Å². The molecular weight excluding hydrogens is 447 g/mol. The molecule has 8 heteroatoms. The summed E-state index contributed by atoms with van der Waals surface area (Å²) in [6.07, 6.45) is 0.426. The van der Waals surface area contributed by atoms with E-state index in [1.807, 2.05) is 6.07 Å². The third-order valence-corrected chi connectivity index (χ3v) is 7.02. The molecule has 2 heterocycles. The topological polar surface area (TPSA) is 78.7 Å². The van der Waals surface area contributed by atoms with Gasteiger partial charge in [-0.1, -0.05) is 29.8 Å². The molecular formula is C27H27FN4O3. The number of benzene rings is 3. The number of fused-ring (bicyclic) bond motifs is 3. The van der Waals surface area contributed by atoms with Crippen LogP contribution in [0.15, 0.2) is 66.7 Å². The molecule has 5 rings (SSSR count). The standard InChI is InChI=1S/C27H27FN4O3/c1-18-2-8-22(9-3-18)30-12-13-31-25-11-10-23(32(34)35)14-20(25)15-24(26(31)17-30)27(33)29-16-19-4-6-21(28)7-5-19/h2-11,14,24,26H,12-13,15-17H2,1H3,(H,29,33)/t24-,26+/m1/s1. The number of nitro benzene ring substituents is 1. The Hall–Kier alpha value is -3.94. The third-order valence-electron chi connectivity index (χ3n) is 7.02. The van der Waals surface area contributed by atoms with Crippen molar-refractivity contribution in [2.45, 2.75) is 25.9 Å². The highest BCUT2D eigenvalue weighted by molar-refractivity contribution is 5.82. The largest absolute Gasteiger partial charge is 0.368 e. The highest BCUT2D eigenvalue weighted by atomic mass is 19.1. The van der Waals surface area contributed by atoms with Crippen LogP contribution in [-0.4, -0.2) is 36.5 Å². The molecule has 1 amide bonds. The number of piperazine rings is 1. The molecule has 0 radical (unpaired) electrons. The highest BCUT2D eigenvalue weighted by Gasteiger charge is 2.42. The summed E-state index contributed by atoms with van der Waals surface area (Å²) in [5.74, 6) is -0.801. The number of nitrogens with zero attached hydrogens (tertiary/aromatic N) is 3. The van der Waals surface area contributed by atoms with Gasteiger partial charge < -0.3 is 15.1 Å². The van der Waals surface area contributed by atoms with Crippen molar-refractivity contribution >= 4 is 23.0 Å². The number of rotatable bonds is 5. The molecule has 0 aromatic heterocycles. The van der Waals surface area contributed by atoms with E-state index in [0.29, 0.717) is 26.1 Å². The van der Waals surface area contributed by atoms with Gasteiger partial charge in [0, 0.05) is 49.7 Å². The van der Waals surface area contributed by atoms with Gasteiger partial charge in [-0.25, -0.2) is 4.39 Å². The molecule has 1 fully saturated rings. The molecule has 1 N–H and O–H groups in total. The van der Waals surface area contributed by atoms with Crippen LogP contribution in [0.5, 0.6) is 0 Å². The van der Waals surface area contributed by atoms with Crippen molar-refractivity contribution < 1.29 is 14.1 Å². The lowest BCUT2D eigenvalue weighted by Gasteiger charge is -2.49. The van der Waals surface area contributed by atoms with Crippen LogP contribution in [0.25, 0.3) is 0 Å². The normalized spacial score (nSPS) is 19.0. The minimum atomic E-state index is -0.398. The lowest BCUT2D eigenvalue weighted by atomic mass is 9.83. The SMILES string of the molecule is Cc1ccc(N2CCN3c4ccc([N+](=O)[O-])cc4C[C@@H](C(=O)NCc4ccc(F)cc4)[C@@H]3C2)cc1. The summed E-state index contributed by atoms with van der Waals surface area (Å²) in [6, 6.07) is 19.3. The second kappa shape index (κ2) is 9.37. The number of aryl methyl sites for hydroxylation is 1. The van der Waals surface area contributed by atoms with Gasteiger partial charge >= 0.3 is 0 Å². The zero-order chi connectivity index (χ0) is 24.5. The molecule has 0 unspecified atom stereocenters. The Labute approximate surface area is 203 Å². The highest BCUT2D eigenvalue weighted by Crippen LogP contribution is 2.38. The smallest absolute Gasteiger partial charge is 0.269 e. The lowest BCUT2D eigenvalue weighted by Crippen LogP contribution is -2.61. The maximum absolute atomic E-state index is 13.4. The molecule has 0 aliphatic carbocycles. The van der Waals surface area contributed by atoms with Crippen LogP contribution in [0, 0.1) is 28.8 Å². The zero-order valence-corrected chi connectivity index (χ0v) is 19.5.